The number of carbonyl (C=O) groups is 7. The molecule has 356 valence electrons. The number of hydrogen-bond donors (Lipinski definition) is 4. The van der Waals surface area contributed by atoms with E-state index in [1.165, 1.54) is 13.3 Å². The van der Waals surface area contributed by atoms with Crippen LogP contribution in [0.25, 0.3) is 10.8 Å². The Balaban J connectivity index is 0.801. The van der Waals surface area contributed by atoms with Crippen LogP contribution in [0, 0.1) is 17.8 Å². The highest BCUT2D eigenvalue weighted by atomic mass is 19.1. The molecule has 3 aromatic carbocycles. The first kappa shape index (κ1) is 48.7. The van der Waals surface area contributed by atoms with Crippen LogP contribution in [-0.2, 0) is 35.0 Å². The summed E-state index contributed by atoms with van der Waals surface area (Å²) in [5, 5.41) is 8.62. The van der Waals surface area contributed by atoms with Crippen molar-refractivity contribution in [2.24, 2.45) is 11.7 Å². The van der Waals surface area contributed by atoms with Gasteiger partial charge < -0.3 is 40.1 Å². The van der Waals surface area contributed by atoms with E-state index in [1.807, 2.05) is 0 Å². The SMILES string of the molecule is CC[C@@H]1[C@H](F)C(=O)N[C@@H]1COc1ncc(C#Cc2ccc(C(=O)NCCOCCOCCOCCCc3cccc4c3C(=O)N(C3CCC(=O)NC3=O)C4=O)cc2)c2cc(C(N)=O)c(OC)cc12. The highest BCUT2D eigenvalue weighted by Gasteiger charge is 2.45. The van der Waals surface area contributed by atoms with Crippen molar-refractivity contribution < 1.29 is 61.6 Å². The number of nitrogens with one attached hydrogen (secondary N) is 3. The summed E-state index contributed by atoms with van der Waals surface area (Å²) >= 11 is 0. The number of primary amides is 1. The van der Waals surface area contributed by atoms with E-state index < -0.39 is 59.6 Å². The molecule has 68 heavy (non-hydrogen) atoms. The maximum atomic E-state index is 14.4. The van der Waals surface area contributed by atoms with Crippen molar-refractivity contribution in [2.45, 2.75) is 57.3 Å². The first-order valence-electron chi connectivity index (χ1n) is 22.2. The molecule has 2 saturated heterocycles. The fourth-order valence-corrected chi connectivity index (χ4v) is 8.29. The van der Waals surface area contributed by atoms with E-state index in [2.05, 4.69) is 32.8 Å². The molecule has 0 bridgehead atoms. The number of rotatable bonds is 21. The van der Waals surface area contributed by atoms with E-state index in [9.17, 15) is 38.0 Å². The third-order valence-electron chi connectivity index (χ3n) is 11.8. The maximum Gasteiger partial charge on any atom is 0.262 e. The molecule has 0 radical (unpaired) electrons. The van der Waals surface area contributed by atoms with Gasteiger partial charge in [-0.15, -0.1) is 0 Å². The number of aryl methyl sites for hydroxylation is 1. The van der Waals surface area contributed by atoms with Gasteiger partial charge in [-0.3, -0.25) is 43.8 Å². The van der Waals surface area contributed by atoms with E-state index in [-0.39, 0.29) is 66.8 Å². The quantitative estimate of drug-likeness (QED) is 0.0535. The summed E-state index contributed by atoms with van der Waals surface area (Å²) in [4.78, 5) is 92.8. The van der Waals surface area contributed by atoms with Crippen LogP contribution in [0.1, 0.15) is 90.7 Å². The van der Waals surface area contributed by atoms with Crippen LogP contribution in [0.2, 0.25) is 0 Å². The Morgan fingerprint density at radius 3 is 2.35 bits per heavy atom. The molecule has 7 amide bonds. The van der Waals surface area contributed by atoms with Crippen molar-refractivity contribution in [1.29, 1.82) is 0 Å². The van der Waals surface area contributed by atoms with Crippen LogP contribution < -0.4 is 31.2 Å². The lowest BCUT2D eigenvalue weighted by Gasteiger charge is -2.27. The zero-order valence-corrected chi connectivity index (χ0v) is 37.5. The van der Waals surface area contributed by atoms with Gasteiger partial charge in [-0.25, -0.2) is 9.37 Å². The van der Waals surface area contributed by atoms with Crippen LogP contribution in [0.5, 0.6) is 11.6 Å². The van der Waals surface area contributed by atoms with Crippen molar-refractivity contribution >= 4 is 52.1 Å². The second kappa shape index (κ2) is 22.5. The molecule has 19 heteroatoms. The number of imide groups is 2. The van der Waals surface area contributed by atoms with Gasteiger partial charge in [0.1, 0.15) is 18.4 Å². The predicted molar refractivity (Wildman–Crippen MR) is 242 cm³/mol. The smallest absolute Gasteiger partial charge is 0.262 e. The maximum absolute atomic E-state index is 14.4. The van der Waals surface area contributed by atoms with Crippen LogP contribution in [0.3, 0.4) is 0 Å². The van der Waals surface area contributed by atoms with E-state index in [1.54, 1.807) is 61.5 Å². The molecule has 0 aliphatic carbocycles. The monoisotopic (exact) mass is 934 g/mol. The number of piperidine rings is 1. The molecule has 4 atom stereocenters. The number of nitrogens with zero attached hydrogens (tertiary/aromatic N) is 2. The fourth-order valence-electron chi connectivity index (χ4n) is 8.29. The molecular formula is C49H51FN6O12. The minimum atomic E-state index is -1.62. The third-order valence-corrected chi connectivity index (χ3v) is 11.8. The summed E-state index contributed by atoms with van der Waals surface area (Å²) in [5.41, 5.74) is 8.47. The van der Waals surface area contributed by atoms with Gasteiger partial charge in [-0.1, -0.05) is 30.9 Å². The molecule has 18 nitrogen and oxygen atoms in total. The van der Waals surface area contributed by atoms with Gasteiger partial charge in [-0.05, 0) is 73.7 Å². The minimum absolute atomic E-state index is 0.0300. The molecule has 1 unspecified atom stereocenters. The van der Waals surface area contributed by atoms with E-state index >= 15 is 0 Å². The lowest BCUT2D eigenvalue weighted by molar-refractivity contribution is -0.136. The lowest BCUT2D eigenvalue weighted by atomic mass is 9.97. The molecule has 4 heterocycles. The largest absolute Gasteiger partial charge is 0.496 e. The molecular weight excluding hydrogens is 884 g/mol. The highest BCUT2D eigenvalue weighted by Crippen LogP contribution is 2.34. The van der Waals surface area contributed by atoms with Gasteiger partial charge in [0.2, 0.25) is 17.7 Å². The number of carbonyl (C=O) groups excluding carboxylic acids is 7. The fraction of sp³-hybridized carbons (Fsp3) is 0.388. The zero-order valence-electron chi connectivity index (χ0n) is 37.5. The first-order chi connectivity index (χ1) is 32.9. The van der Waals surface area contributed by atoms with Crippen LogP contribution in [0.15, 0.2) is 60.8 Å². The zero-order chi connectivity index (χ0) is 48.3. The van der Waals surface area contributed by atoms with E-state index in [0.717, 1.165) is 4.90 Å². The normalized spacial score (nSPS) is 18.8. The molecule has 3 aliphatic rings. The summed E-state index contributed by atoms with van der Waals surface area (Å²) in [5.74, 6) is 2.13. The molecule has 2 fully saturated rings. The number of amides is 7. The van der Waals surface area contributed by atoms with E-state index in [4.69, 9.17) is 29.4 Å². The molecule has 7 rings (SSSR count). The minimum Gasteiger partial charge on any atom is -0.496 e. The Hall–Kier alpha value is -7.27. The molecule has 5 N–H and O–H groups in total. The van der Waals surface area contributed by atoms with Crippen molar-refractivity contribution in [3.63, 3.8) is 0 Å². The van der Waals surface area contributed by atoms with Crippen molar-refractivity contribution in [2.75, 3.05) is 59.9 Å². The van der Waals surface area contributed by atoms with E-state index in [0.29, 0.717) is 85.3 Å². The van der Waals surface area contributed by atoms with Gasteiger partial charge in [0, 0.05) is 53.6 Å². The number of aromatic nitrogens is 1. The predicted octanol–water partition coefficient (Wildman–Crippen LogP) is 2.80. The van der Waals surface area contributed by atoms with Crippen molar-refractivity contribution in [3.8, 4) is 23.5 Å². The summed E-state index contributed by atoms with van der Waals surface area (Å²) in [7, 11) is 1.40. The van der Waals surface area contributed by atoms with Gasteiger partial charge in [-0.2, -0.15) is 0 Å². The Bertz CT molecular complexity index is 2670. The topological polar surface area (TPSA) is 244 Å². The molecule has 0 saturated carbocycles. The van der Waals surface area contributed by atoms with Crippen LogP contribution >= 0.6 is 0 Å². The van der Waals surface area contributed by atoms with Crippen LogP contribution in [0.4, 0.5) is 4.39 Å². The molecule has 3 aliphatic heterocycles. The Kier molecular flexibility index (Phi) is 16.1. The third kappa shape index (κ3) is 11.1. The number of benzene rings is 3. The average molecular weight is 935 g/mol. The summed E-state index contributed by atoms with van der Waals surface area (Å²) in [6.45, 7) is 4.01. The first-order valence-corrected chi connectivity index (χ1v) is 22.2. The van der Waals surface area contributed by atoms with Gasteiger partial charge in [0.25, 0.3) is 29.5 Å². The van der Waals surface area contributed by atoms with Crippen LogP contribution in [-0.4, -0.2) is 129 Å². The molecule has 0 spiro atoms. The second-order valence-corrected chi connectivity index (χ2v) is 16.2. The molecule has 4 aromatic rings. The van der Waals surface area contributed by atoms with Gasteiger partial charge in [0.15, 0.2) is 6.17 Å². The number of methoxy groups -OCH3 is 1. The Morgan fingerprint density at radius 2 is 1.65 bits per heavy atom. The number of halogens is 1. The number of alkyl halides is 1. The summed E-state index contributed by atoms with van der Waals surface area (Å²) in [6.07, 6.45) is 1.52. The Morgan fingerprint density at radius 1 is 0.912 bits per heavy atom. The standard InChI is InChI=1S/C49H51FN6O12/c1-3-32-37(54-46(61)42(32)50)27-68-47-35-25-39(64-2)36(43(51)58)24-34(35)31(26-53-47)14-11-28-9-12-30(13-10-28)44(59)52-17-19-66-21-23-67-22-20-65-18-5-7-29-6-4-8-33-41(29)49(63)56(48(33)62)38-15-16-40(57)55-45(38)60/h4,6,8-10,12-13,24-26,32,37-38,42H,3,5,7,15-23,27H2,1-2H3,(H2,51,58)(H,52,59)(H,54,61)(H,55,57,60)/t32-,37+,38?,42-/m0/s1. The Labute approximate surface area is 390 Å². The number of hydrogen-bond acceptors (Lipinski definition) is 13. The summed E-state index contributed by atoms with van der Waals surface area (Å²) < 4.78 is 42.6. The number of pyridine rings is 1. The van der Waals surface area contributed by atoms with Gasteiger partial charge >= 0.3 is 0 Å². The summed E-state index contributed by atoms with van der Waals surface area (Å²) in [6, 6.07) is 13.3. The van der Waals surface area contributed by atoms with Gasteiger partial charge in [0.05, 0.1) is 68.4 Å². The average Bonchev–Trinajstić information content (AvgIpc) is 3.76. The second-order valence-electron chi connectivity index (χ2n) is 16.2. The molecule has 1 aromatic heterocycles. The number of ether oxygens (including phenoxy) is 5. The van der Waals surface area contributed by atoms with Crippen molar-refractivity contribution in [3.05, 3.63) is 99.7 Å². The highest BCUT2D eigenvalue weighted by molar-refractivity contribution is 6.24. The lowest BCUT2D eigenvalue weighted by Crippen LogP contribution is -2.54. The number of nitrogens with two attached hydrogens (primary N) is 1. The number of fused-ring (bicyclic) bond motifs is 2. The van der Waals surface area contributed by atoms with Crippen molar-refractivity contribution in [1.82, 2.24) is 25.8 Å².